The highest BCUT2D eigenvalue weighted by Crippen LogP contribution is 2.31. The molecule has 0 radical (unpaired) electrons. The zero-order valence-electron chi connectivity index (χ0n) is 35.2. The van der Waals surface area contributed by atoms with Gasteiger partial charge < -0.3 is 43.3 Å². The molecule has 0 aliphatic heterocycles. The number of ether oxygens (including phenoxy) is 8. The molecule has 0 heterocycles. The van der Waals surface area contributed by atoms with E-state index in [2.05, 4.69) is 19.7 Å². The van der Waals surface area contributed by atoms with Crippen LogP contribution in [0, 0.1) is 5.41 Å². The SMILES string of the molecule is C=CC(=O)OCCCCCCOc1ccc(C(=O)Oc2ccc(OC(=O)c3ccc(OCCCCCCOC(=O)C=C)c(OCCCCCCOC(=O)C=C)c3)c(C=N)c2)cc1. The summed E-state index contributed by atoms with van der Waals surface area (Å²) >= 11 is 0. The van der Waals surface area contributed by atoms with Crippen LogP contribution in [0.25, 0.3) is 0 Å². The first-order chi connectivity index (χ1) is 30.2. The Bertz CT molecular complexity index is 1940. The highest BCUT2D eigenvalue weighted by atomic mass is 16.6. The molecule has 332 valence electrons. The lowest BCUT2D eigenvalue weighted by Gasteiger charge is -2.15. The van der Waals surface area contributed by atoms with Gasteiger partial charge in [0, 0.05) is 30.0 Å². The minimum absolute atomic E-state index is 0.0863. The molecule has 0 aliphatic rings. The molecule has 62 heavy (non-hydrogen) atoms. The Labute approximate surface area is 363 Å². The predicted molar refractivity (Wildman–Crippen MR) is 232 cm³/mol. The largest absolute Gasteiger partial charge is 0.494 e. The number of rotatable bonds is 32. The van der Waals surface area contributed by atoms with Crippen molar-refractivity contribution in [3.63, 3.8) is 0 Å². The third kappa shape index (κ3) is 19.6. The number of esters is 5. The molecule has 0 saturated carbocycles. The highest BCUT2D eigenvalue weighted by molar-refractivity contribution is 5.94. The monoisotopic (exact) mass is 855 g/mol. The summed E-state index contributed by atoms with van der Waals surface area (Å²) in [5, 5.41) is 7.95. The number of hydrogen-bond acceptors (Lipinski definition) is 14. The van der Waals surface area contributed by atoms with Crippen molar-refractivity contribution < 1.29 is 61.9 Å². The summed E-state index contributed by atoms with van der Waals surface area (Å²) in [6.07, 6.45) is 14.0. The minimum Gasteiger partial charge on any atom is -0.494 e. The van der Waals surface area contributed by atoms with Crippen LogP contribution in [0.4, 0.5) is 0 Å². The third-order valence-corrected chi connectivity index (χ3v) is 8.95. The number of hydrogen-bond donors (Lipinski definition) is 1. The summed E-state index contributed by atoms with van der Waals surface area (Å²) in [6, 6.07) is 15.6. The van der Waals surface area contributed by atoms with Gasteiger partial charge in [0.25, 0.3) is 0 Å². The lowest BCUT2D eigenvalue weighted by Crippen LogP contribution is -2.12. The Kier molecular flexibility index (Phi) is 23.6. The lowest BCUT2D eigenvalue weighted by atomic mass is 10.1. The van der Waals surface area contributed by atoms with Crippen LogP contribution in [-0.2, 0) is 28.6 Å². The minimum atomic E-state index is -0.700. The molecular weight excluding hydrogens is 799 g/mol. The van der Waals surface area contributed by atoms with E-state index in [-0.39, 0.29) is 22.6 Å². The topological polar surface area (TPSA) is 183 Å². The van der Waals surface area contributed by atoms with E-state index in [0.717, 1.165) is 88.7 Å². The fraction of sp³-hybridized carbons (Fsp3) is 0.375. The van der Waals surface area contributed by atoms with Gasteiger partial charge in [0.15, 0.2) is 11.5 Å². The molecule has 3 aromatic rings. The molecule has 3 aromatic carbocycles. The molecule has 0 atom stereocenters. The maximum atomic E-state index is 13.4. The number of nitrogens with one attached hydrogen (secondary N) is 1. The molecule has 1 N–H and O–H groups in total. The van der Waals surface area contributed by atoms with Crippen LogP contribution in [0.1, 0.15) is 103 Å². The van der Waals surface area contributed by atoms with Crippen LogP contribution in [-0.4, -0.2) is 75.7 Å². The van der Waals surface area contributed by atoms with Crippen molar-refractivity contribution in [2.45, 2.75) is 77.0 Å². The predicted octanol–water partition coefficient (Wildman–Crippen LogP) is 9.13. The first-order valence-corrected chi connectivity index (χ1v) is 20.8. The zero-order valence-corrected chi connectivity index (χ0v) is 35.2. The van der Waals surface area contributed by atoms with Crippen LogP contribution in [0.3, 0.4) is 0 Å². The maximum Gasteiger partial charge on any atom is 0.343 e. The molecule has 0 aliphatic carbocycles. The average molecular weight is 856 g/mol. The number of benzene rings is 3. The first kappa shape index (κ1) is 49.7. The van der Waals surface area contributed by atoms with Crippen molar-refractivity contribution in [3.8, 4) is 28.7 Å². The van der Waals surface area contributed by atoms with Gasteiger partial charge >= 0.3 is 29.8 Å². The van der Waals surface area contributed by atoms with E-state index >= 15 is 0 Å². The molecule has 3 rings (SSSR count). The molecule has 0 saturated heterocycles. The van der Waals surface area contributed by atoms with Crippen molar-refractivity contribution >= 4 is 36.1 Å². The van der Waals surface area contributed by atoms with E-state index in [1.54, 1.807) is 42.5 Å². The second kappa shape index (κ2) is 29.5. The fourth-order valence-corrected chi connectivity index (χ4v) is 5.60. The fourth-order valence-electron chi connectivity index (χ4n) is 5.60. The number of carbonyl (C=O) groups is 5. The van der Waals surface area contributed by atoms with Gasteiger partial charge in [-0.05, 0) is 138 Å². The second-order valence-corrected chi connectivity index (χ2v) is 13.7. The third-order valence-electron chi connectivity index (χ3n) is 8.95. The van der Waals surface area contributed by atoms with Gasteiger partial charge in [-0.1, -0.05) is 19.7 Å². The quantitative estimate of drug-likeness (QED) is 0.0157. The molecule has 14 nitrogen and oxygen atoms in total. The summed E-state index contributed by atoms with van der Waals surface area (Å²) in [5.74, 6) is -0.972. The molecule has 0 amide bonds. The van der Waals surface area contributed by atoms with Crippen LogP contribution in [0.15, 0.2) is 98.6 Å². The normalized spacial score (nSPS) is 10.4. The van der Waals surface area contributed by atoms with Crippen molar-refractivity contribution in [1.29, 1.82) is 5.41 Å². The number of unbranched alkanes of at least 4 members (excludes halogenated alkanes) is 9. The summed E-state index contributed by atoms with van der Waals surface area (Å²) in [6.45, 7) is 12.4. The maximum absolute atomic E-state index is 13.4. The Hall–Kier alpha value is -6.70. The summed E-state index contributed by atoms with van der Waals surface area (Å²) < 4.78 is 44.1. The molecule has 0 spiro atoms. The Balaban J connectivity index is 1.54. The van der Waals surface area contributed by atoms with Crippen molar-refractivity contribution in [1.82, 2.24) is 0 Å². The average Bonchev–Trinajstić information content (AvgIpc) is 3.29. The second-order valence-electron chi connectivity index (χ2n) is 13.7. The standard InChI is InChI=1S/C48H57NO13/c1-4-44(50)58-30-16-10-7-13-27-55-39-22-19-36(20-23-39)47(53)61-40-24-26-41(38(33-40)35-49)62-48(54)37-21-25-42(56-28-14-8-11-17-31-59-45(51)5-2)43(34-37)57-29-15-9-12-18-32-60-46(52)6-3/h4-6,19-26,33-35,49H,1-3,7-18,27-32H2. The van der Waals surface area contributed by atoms with Crippen molar-refractivity contribution in [2.75, 3.05) is 39.6 Å². The Morgan fingerprint density at radius 3 is 1.35 bits per heavy atom. The van der Waals surface area contributed by atoms with E-state index in [1.165, 1.54) is 18.2 Å². The smallest absolute Gasteiger partial charge is 0.343 e. The van der Waals surface area contributed by atoms with Crippen molar-refractivity contribution in [3.05, 3.63) is 115 Å². The highest BCUT2D eigenvalue weighted by Gasteiger charge is 2.17. The Morgan fingerprint density at radius 1 is 0.435 bits per heavy atom. The molecule has 0 fully saturated rings. The van der Waals surface area contributed by atoms with Crippen LogP contribution >= 0.6 is 0 Å². The van der Waals surface area contributed by atoms with E-state index in [9.17, 15) is 24.0 Å². The Morgan fingerprint density at radius 2 is 0.855 bits per heavy atom. The molecule has 0 aromatic heterocycles. The van der Waals surface area contributed by atoms with Gasteiger partial charge in [-0.25, -0.2) is 24.0 Å². The lowest BCUT2D eigenvalue weighted by molar-refractivity contribution is -0.138. The van der Waals surface area contributed by atoms with Gasteiger partial charge in [-0.15, -0.1) is 0 Å². The van der Waals surface area contributed by atoms with Gasteiger partial charge in [0.05, 0.1) is 50.8 Å². The van der Waals surface area contributed by atoms with Gasteiger partial charge in [-0.2, -0.15) is 0 Å². The van der Waals surface area contributed by atoms with Crippen LogP contribution in [0.5, 0.6) is 28.7 Å². The molecular formula is C48H57NO13. The van der Waals surface area contributed by atoms with E-state index in [4.69, 9.17) is 43.3 Å². The van der Waals surface area contributed by atoms with Crippen LogP contribution < -0.4 is 23.7 Å². The molecule has 14 heteroatoms. The van der Waals surface area contributed by atoms with E-state index in [0.29, 0.717) is 75.3 Å². The van der Waals surface area contributed by atoms with Crippen LogP contribution in [0.2, 0.25) is 0 Å². The first-order valence-electron chi connectivity index (χ1n) is 20.8. The van der Waals surface area contributed by atoms with Crippen molar-refractivity contribution in [2.24, 2.45) is 0 Å². The van der Waals surface area contributed by atoms with Gasteiger partial charge in [-0.3, -0.25) is 0 Å². The molecule has 0 unspecified atom stereocenters. The van der Waals surface area contributed by atoms with E-state index in [1.807, 2.05) is 0 Å². The summed E-state index contributed by atoms with van der Waals surface area (Å²) in [7, 11) is 0. The van der Waals surface area contributed by atoms with Gasteiger partial charge in [0.1, 0.15) is 17.2 Å². The zero-order chi connectivity index (χ0) is 44.8. The summed E-state index contributed by atoms with van der Waals surface area (Å²) in [4.78, 5) is 59.8. The number of carbonyl (C=O) groups excluding carboxylic acids is 5. The van der Waals surface area contributed by atoms with E-state index < -0.39 is 29.8 Å². The van der Waals surface area contributed by atoms with Gasteiger partial charge in [0.2, 0.25) is 0 Å². The molecule has 0 bridgehead atoms. The summed E-state index contributed by atoms with van der Waals surface area (Å²) in [5.41, 5.74) is 0.687.